The lowest BCUT2D eigenvalue weighted by Gasteiger charge is -2.25. The molecule has 1 atom stereocenters. The van der Waals surface area contributed by atoms with E-state index in [4.69, 9.17) is 4.74 Å². The summed E-state index contributed by atoms with van der Waals surface area (Å²) in [6, 6.07) is 5.23. The molecule has 0 bridgehead atoms. The van der Waals surface area contributed by atoms with Gasteiger partial charge in [-0.25, -0.2) is 9.37 Å². The summed E-state index contributed by atoms with van der Waals surface area (Å²) in [7, 11) is 3.61. The van der Waals surface area contributed by atoms with Gasteiger partial charge in [0, 0.05) is 25.4 Å². The normalized spacial score (nSPS) is 18.8. The van der Waals surface area contributed by atoms with E-state index < -0.39 is 0 Å². The van der Waals surface area contributed by atoms with Gasteiger partial charge in [0.05, 0.1) is 18.8 Å². The van der Waals surface area contributed by atoms with Crippen molar-refractivity contribution in [2.45, 2.75) is 32.4 Å². The first-order valence-electron chi connectivity index (χ1n) is 7.65. The van der Waals surface area contributed by atoms with Gasteiger partial charge in [-0.2, -0.15) is 0 Å². The molecule has 2 heterocycles. The lowest BCUT2D eigenvalue weighted by molar-refractivity contribution is 0.229. The van der Waals surface area contributed by atoms with E-state index in [9.17, 15) is 4.39 Å². The molecule has 1 fully saturated rings. The smallest absolute Gasteiger partial charge is 0.131 e. The van der Waals surface area contributed by atoms with Crippen molar-refractivity contribution in [2.24, 2.45) is 7.05 Å². The molecule has 1 aromatic heterocycles. The zero-order chi connectivity index (χ0) is 15.7. The first kappa shape index (κ1) is 15.0. The molecule has 0 spiro atoms. The summed E-state index contributed by atoms with van der Waals surface area (Å²) in [5.74, 6) is 1.47. The molecule has 0 aliphatic carbocycles. The predicted octanol–water partition coefficient (Wildman–Crippen LogP) is 3.21. The highest BCUT2D eigenvalue weighted by molar-refractivity contribution is 5.34. The summed E-state index contributed by atoms with van der Waals surface area (Å²) in [5.41, 5.74) is 1.65. The number of rotatable bonds is 4. The Morgan fingerprint density at radius 3 is 2.91 bits per heavy atom. The van der Waals surface area contributed by atoms with Crippen LogP contribution in [0.2, 0.25) is 0 Å². The molecule has 0 saturated carbocycles. The third-order valence-electron chi connectivity index (χ3n) is 4.35. The average molecular weight is 303 g/mol. The molecule has 0 unspecified atom stereocenters. The quantitative estimate of drug-likeness (QED) is 0.869. The number of nitrogens with zero attached hydrogens (tertiary/aromatic N) is 3. The second-order valence-corrected chi connectivity index (χ2v) is 5.90. The highest BCUT2D eigenvalue weighted by Crippen LogP contribution is 2.34. The van der Waals surface area contributed by atoms with E-state index in [0.29, 0.717) is 17.9 Å². The van der Waals surface area contributed by atoms with Crippen LogP contribution in [0.25, 0.3) is 0 Å². The first-order chi connectivity index (χ1) is 10.6. The summed E-state index contributed by atoms with van der Waals surface area (Å²) in [6.45, 7) is 3.50. The average Bonchev–Trinajstić information content (AvgIpc) is 3.07. The highest BCUT2D eigenvalue weighted by Gasteiger charge is 2.30. The summed E-state index contributed by atoms with van der Waals surface area (Å²) in [4.78, 5) is 6.94. The summed E-state index contributed by atoms with van der Waals surface area (Å²) in [5, 5.41) is 0. The third-order valence-corrected chi connectivity index (χ3v) is 4.35. The molecule has 0 radical (unpaired) electrons. The molecule has 118 valence electrons. The van der Waals surface area contributed by atoms with E-state index in [-0.39, 0.29) is 11.9 Å². The molecule has 4 nitrogen and oxygen atoms in total. The number of ether oxygens (including phenoxy) is 1. The van der Waals surface area contributed by atoms with Crippen LogP contribution in [0, 0.1) is 12.7 Å². The Morgan fingerprint density at radius 2 is 2.23 bits per heavy atom. The Labute approximate surface area is 130 Å². The monoisotopic (exact) mass is 303 g/mol. The van der Waals surface area contributed by atoms with E-state index in [2.05, 4.69) is 14.5 Å². The predicted molar refractivity (Wildman–Crippen MR) is 83.3 cm³/mol. The van der Waals surface area contributed by atoms with E-state index in [0.717, 1.165) is 30.9 Å². The van der Waals surface area contributed by atoms with Crippen molar-refractivity contribution in [2.75, 3.05) is 13.7 Å². The molecule has 22 heavy (non-hydrogen) atoms. The van der Waals surface area contributed by atoms with Gasteiger partial charge < -0.3 is 9.30 Å². The van der Waals surface area contributed by atoms with Crippen molar-refractivity contribution in [3.8, 4) is 5.75 Å². The highest BCUT2D eigenvalue weighted by atomic mass is 19.1. The number of methoxy groups -OCH3 is 1. The van der Waals surface area contributed by atoms with E-state index in [1.54, 1.807) is 13.2 Å². The van der Waals surface area contributed by atoms with Gasteiger partial charge in [-0.1, -0.05) is 6.07 Å². The zero-order valence-electron chi connectivity index (χ0n) is 13.3. The van der Waals surface area contributed by atoms with Gasteiger partial charge in [0.15, 0.2) is 0 Å². The topological polar surface area (TPSA) is 30.3 Å². The number of halogens is 1. The summed E-state index contributed by atoms with van der Waals surface area (Å²) >= 11 is 0. The zero-order valence-corrected chi connectivity index (χ0v) is 13.3. The van der Waals surface area contributed by atoms with E-state index >= 15 is 0 Å². The Bertz CT molecular complexity index is 668. The molecular weight excluding hydrogens is 281 g/mol. The van der Waals surface area contributed by atoms with E-state index in [1.807, 2.05) is 26.2 Å². The fraction of sp³-hybridized carbons (Fsp3) is 0.471. The number of benzene rings is 1. The lowest BCUT2D eigenvalue weighted by atomic mass is 10.1. The van der Waals surface area contributed by atoms with Gasteiger partial charge in [0.1, 0.15) is 17.4 Å². The molecule has 1 saturated heterocycles. The van der Waals surface area contributed by atoms with Crippen LogP contribution in [0.5, 0.6) is 5.75 Å². The van der Waals surface area contributed by atoms with Crippen molar-refractivity contribution in [1.29, 1.82) is 0 Å². The third kappa shape index (κ3) is 2.73. The molecule has 1 aliphatic rings. The standard InChI is InChI=1S/C17H22FN3O/c1-12-10-20(2)17(19-12)15-7-5-9-21(15)11-13-14(18)6-4-8-16(13)22-3/h4,6,8,10,15H,5,7,9,11H2,1-3H3/t15-/m1/s1. The van der Waals surface area contributed by atoms with Crippen molar-refractivity contribution < 1.29 is 9.13 Å². The molecule has 2 aromatic rings. The summed E-state index contributed by atoms with van der Waals surface area (Å²) < 4.78 is 21.6. The fourth-order valence-electron chi connectivity index (χ4n) is 3.34. The Hall–Kier alpha value is -1.88. The maximum Gasteiger partial charge on any atom is 0.131 e. The molecule has 1 aromatic carbocycles. The van der Waals surface area contributed by atoms with Gasteiger partial charge in [0.2, 0.25) is 0 Å². The van der Waals surface area contributed by atoms with Crippen molar-refractivity contribution in [3.05, 3.63) is 47.3 Å². The van der Waals surface area contributed by atoms with Crippen LogP contribution in [0.1, 0.15) is 36.0 Å². The maximum atomic E-state index is 14.2. The number of imidazole rings is 1. The van der Waals surface area contributed by atoms with Gasteiger partial charge in [0.25, 0.3) is 0 Å². The van der Waals surface area contributed by atoms with Gasteiger partial charge in [-0.05, 0) is 38.4 Å². The number of hydrogen-bond donors (Lipinski definition) is 0. The Morgan fingerprint density at radius 1 is 1.41 bits per heavy atom. The molecule has 0 N–H and O–H groups in total. The van der Waals surface area contributed by atoms with Gasteiger partial charge in [-0.15, -0.1) is 0 Å². The van der Waals surface area contributed by atoms with Crippen molar-refractivity contribution in [3.63, 3.8) is 0 Å². The van der Waals surface area contributed by atoms with Crippen LogP contribution in [0.15, 0.2) is 24.4 Å². The molecule has 3 rings (SSSR count). The van der Waals surface area contributed by atoms with Gasteiger partial charge >= 0.3 is 0 Å². The maximum absolute atomic E-state index is 14.2. The molecule has 1 aliphatic heterocycles. The molecule has 5 heteroatoms. The Kier molecular flexibility index (Phi) is 4.16. The number of aromatic nitrogens is 2. The number of likely N-dealkylation sites (tertiary alicyclic amines) is 1. The summed E-state index contributed by atoms with van der Waals surface area (Å²) in [6.07, 6.45) is 4.20. The van der Waals surface area contributed by atoms with Crippen LogP contribution < -0.4 is 4.74 Å². The van der Waals surface area contributed by atoms with E-state index in [1.165, 1.54) is 6.07 Å². The molecular formula is C17H22FN3O. The van der Waals surface area contributed by atoms with Crippen LogP contribution >= 0.6 is 0 Å². The minimum absolute atomic E-state index is 0.207. The SMILES string of the molecule is COc1cccc(F)c1CN1CCC[C@@H]1c1nc(C)cn1C. The molecule has 0 amide bonds. The first-order valence-corrected chi connectivity index (χ1v) is 7.65. The minimum atomic E-state index is -0.207. The Balaban J connectivity index is 1.87. The number of aryl methyl sites for hydroxylation is 2. The second kappa shape index (κ2) is 6.08. The van der Waals surface area contributed by atoms with Gasteiger partial charge in [-0.3, -0.25) is 4.90 Å². The van der Waals surface area contributed by atoms with Crippen molar-refractivity contribution in [1.82, 2.24) is 14.5 Å². The largest absolute Gasteiger partial charge is 0.496 e. The van der Waals surface area contributed by atoms with Crippen LogP contribution in [-0.2, 0) is 13.6 Å². The minimum Gasteiger partial charge on any atom is -0.496 e. The van der Waals surface area contributed by atoms with Crippen LogP contribution in [0.4, 0.5) is 4.39 Å². The number of hydrogen-bond acceptors (Lipinski definition) is 3. The van der Waals surface area contributed by atoms with Crippen LogP contribution in [-0.4, -0.2) is 28.1 Å². The van der Waals surface area contributed by atoms with Crippen molar-refractivity contribution >= 4 is 0 Å². The lowest BCUT2D eigenvalue weighted by Crippen LogP contribution is -2.25. The fourth-order valence-corrected chi connectivity index (χ4v) is 3.34. The second-order valence-electron chi connectivity index (χ2n) is 5.90. The van der Waals surface area contributed by atoms with Crippen LogP contribution in [0.3, 0.4) is 0 Å².